The lowest BCUT2D eigenvalue weighted by atomic mass is 10.0. The summed E-state index contributed by atoms with van der Waals surface area (Å²) in [7, 11) is 0. The summed E-state index contributed by atoms with van der Waals surface area (Å²) in [5, 5.41) is 4.03. The fraction of sp³-hybridized carbons (Fsp3) is 0.316. The van der Waals surface area contributed by atoms with Crippen LogP contribution in [0.4, 0.5) is 5.95 Å². The van der Waals surface area contributed by atoms with Crippen molar-refractivity contribution in [1.29, 1.82) is 0 Å². The van der Waals surface area contributed by atoms with Crippen molar-refractivity contribution in [3.8, 4) is 11.5 Å². The van der Waals surface area contributed by atoms with Gasteiger partial charge in [0.1, 0.15) is 0 Å². The first-order valence-corrected chi connectivity index (χ1v) is 9.01. The summed E-state index contributed by atoms with van der Waals surface area (Å²) in [5.74, 6) is 1.92. The molecular formula is C19H18N6O2. The minimum atomic E-state index is -0.0337. The molecule has 2 aliphatic rings. The van der Waals surface area contributed by atoms with Crippen LogP contribution in [-0.2, 0) is 13.0 Å². The molecule has 2 N–H and O–H groups in total. The molecule has 1 saturated carbocycles. The molecule has 1 fully saturated rings. The Morgan fingerprint density at radius 1 is 1.19 bits per heavy atom. The maximum absolute atomic E-state index is 12.8. The second kappa shape index (κ2) is 6.15. The van der Waals surface area contributed by atoms with E-state index in [2.05, 4.69) is 20.1 Å². The van der Waals surface area contributed by atoms with E-state index in [4.69, 9.17) is 10.3 Å². The number of carbonyl (C=O) groups excluding carboxylic acids is 1. The zero-order valence-corrected chi connectivity index (χ0v) is 14.6. The Morgan fingerprint density at radius 2 is 2.00 bits per heavy atom. The lowest BCUT2D eigenvalue weighted by molar-refractivity contribution is 0.0731. The summed E-state index contributed by atoms with van der Waals surface area (Å²) in [6.45, 7) is 1.08. The summed E-state index contributed by atoms with van der Waals surface area (Å²) < 4.78 is 5.34. The van der Waals surface area contributed by atoms with Gasteiger partial charge < -0.3 is 15.2 Å². The molecule has 0 bridgehead atoms. The number of amides is 1. The molecule has 8 nitrogen and oxygen atoms in total. The van der Waals surface area contributed by atoms with Crippen molar-refractivity contribution in [2.45, 2.75) is 31.7 Å². The van der Waals surface area contributed by atoms with Crippen LogP contribution in [0.5, 0.6) is 0 Å². The normalized spacial score (nSPS) is 16.2. The van der Waals surface area contributed by atoms with Gasteiger partial charge in [0, 0.05) is 29.8 Å². The van der Waals surface area contributed by atoms with Gasteiger partial charge in [-0.2, -0.15) is 4.98 Å². The van der Waals surface area contributed by atoms with Gasteiger partial charge in [-0.05, 0) is 49.1 Å². The topological polar surface area (TPSA) is 111 Å². The molecule has 1 amide bonds. The summed E-state index contributed by atoms with van der Waals surface area (Å²) in [6.07, 6.45) is 4.73. The van der Waals surface area contributed by atoms with Crippen LogP contribution in [0.3, 0.4) is 0 Å². The Balaban J connectivity index is 1.33. The number of anilines is 1. The van der Waals surface area contributed by atoms with Crippen molar-refractivity contribution in [2.75, 3.05) is 12.3 Å². The number of benzene rings is 1. The highest BCUT2D eigenvalue weighted by atomic mass is 16.5. The summed E-state index contributed by atoms with van der Waals surface area (Å²) in [4.78, 5) is 27.3. The molecule has 2 aromatic heterocycles. The predicted octanol–water partition coefficient (Wildman–Crippen LogP) is 2.18. The third-order valence-corrected chi connectivity index (χ3v) is 5.01. The third kappa shape index (κ3) is 3.03. The monoisotopic (exact) mass is 362 g/mol. The van der Waals surface area contributed by atoms with Crippen LogP contribution in [-0.4, -0.2) is 37.5 Å². The second-order valence-electron chi connectivity index (χ2n) is 6.99. The number of carbonyl (C=O) groups is 1. The maximum atomic E-state index is 12.8. The fourth-order valence-electron chi connectivity index (χ4n) is 3.29. The Morgan fingerprint density at radius 3 is 2.78 bits per heavy atom. The molecule has 1 aromatic carbocycles. The van der Waals surface area contributed by atoms with Gasteiger partial charge in [0.05, 0.1) is 12.2 Å². The number of nitrogen functional groups attached to an aromatic ring is 1. The first kappa shape index (κ1) is 15.9. The average molecular weight is 362 g/mol. The van der Waals surface area contributed by atoms with E-state index in [-0.39, 0.29) is 11.9 Å². The zero-order valence-electron chi connectivity index (χ0n) is 14.6. The highest BCUT2D eigenvalue weighted by molar-refractivity contribution is 5.94. The Hall–Kier alpha value is -3.29. The van der Waals surface area contributed by atoms with E-state index in [0.29, 0.717) is 30.5 Å². The molecule has 5 rings (SSSR count). The largest absolute Gasteiger partial charge is 0.368 e. The smallest absolute Gasteiger partial charge is 0.257 e. The van der Waals surface area contributed by atoms with Crippen molar-refractivity contribution in [3.05, 3.63) is 53.1 Å². The SMILES string of the molecule is Nc1ncc2c(n1)CN(C(=O)c1ccc(-c3nc(C4CC4)no3)cc1)CC2. The molecule has 0 saturated heterocycles. The van der Waals surface area contributed by atoms with Gasteiger partial charge in [-0.3, -0.25) is 4.79 Å². The molecule has 136 valence electrons. The fourth-order valence-corrected chi connectivity index (χ4v) is 3.29. The lowest BCUT2D eigenvalue weighted by Crippen LogP contribution is -2.36. The first-order valence-electron chi connectivity index (χ1n) is 9.01. The molecule has 1 aliphatic heterocycles. The van der Waals surface area contributed by atoms with Gasteiger partial charge in [0.25, 0.3) is 11.8 Å². The highest BCUT2D eigenvalue weighted by Crippen LogP contribution is 2.38. The van der Waals surface area contributed by atoms with Crippen LogP contribution >= 0.6 is 0 Å². The maximum Gasteiger partial charge on any atom is 0.257 e. The van der Waals surface area contributed by atoms with E-state index in [1.54, 1.807) is 23.2 Å². The molecule has 3 aromatic rings. The van der Waals surface area contributed by atoms with Crippen LogP contribution in [0.1, 0.15) is 46.2 Å². The van der Waals surface area contributed by atoms with E-state index in [1.807, 2.05) is 12.1 Å². The van der Waals surface area contributed by atoms with Crippen molar-refractivity contribution in [3.63, 3.8) is 0 Å². The average Bonchev–Trinajstić information content (AvgIpc) is 3.44. The molecule has 3 heterocycles. The van der Waals surface area contributed by atoms with Gasteiger partial charge in [-0.1, -0.05) is 5.16 Å². The number of rotatable bonds is 3. The van der Waals surface area contributed by atoms with E-state index < -0.39 is 0 Å². The Bertz CT molecular complexity index is 1010. The molecule has 27 heavy (non-hydrogen) atoms. The Kier molecular flexibility index (Phi) is 3.63. The predicted molar refractivity (Wildman–Crippen MR) is 96.6 cm³/mol. The quantitative estimate of drug-likeness (QED) is 0.760. The summed E-state index contributed by atoms with van der Waals surface area (Å²) in [5.41, 5.74) is 8.96. The van der Waals surface area contributed by atoms with Gasteiger partial charge >= 0.3 is 0 Å². The van der Waals surface area contributed by atoms with E-state index in [9.17, 15) is 4.79 Å². The van der Waals surface area contributed by atoms with E-state index in [1.165, 1.54) is 0 Å². The van der Waals surface area contributed by atoms with Gasteiger partial charge in [0.15, 0.2) is 5.82 Å². The minimum absolute atomic E-state index is 0.0337. The van der Waals surface area contributed by atoms with E-state index >= 15 is 0 Å². The third-order valence-electron chi connectivity index (χ3n) is 5.01. The minimum Gasteiger partial charge on any atom is -0.368 e. The number of hydrogen-bond donors (Lipinski definition) is 1. The second-order valence-corrected chi connectivity index (χ2v) is 6.99. The van der Waals surface area contributed by atoms with Crippen molar-refractivity contribution >= 4 is 11.9 Å². The van der Waals surface area contributed by atoms with Crippen molar-refractivity contribution in [2.24, 2.45) is 0 Å². The summed E-state index contributed by atoms with van der Waals surface area (Å²) >= 11 is 0. The highest BCUT2D eigenvalue weighted by Gasteiger charge is 2.29. The molecule has 0 atom stereocenters. The van der Waals surface area contributed by atoms with Crippen molar-refractivity contribution < 1.29 is 9.32 Å². The number of nitrogens with two attached hydrogens (primary N) is 1. The molecule has 0 spiro atoms. The zero-order chi connectivity index (χ0) is 18.4. The first-order chi connectivity index (χ1) is 13.2. The molecule has 0 radical (unpaired) electrons. The lowest BCUT2D eigenvalue weighted by Gasteiger charge is -2.28. The standard InChI is InChI=1S/C19H18N6O2/c20-19-21-9-14-7-8-25(10-15(14)22-19)18(26)13-5-3-12(4-6-13)17-23-16(24-27-17)11-1-2-11/h3-6,9,11H,1-2,7-8,10H2,(H2,20,21,22). The van der Waals surface area contributed by atoms with Crippen LogP contribution in [0.25, 0.3) is 11.5 Å². The van der Waals surface area contributed by atoms with Gasteiger partial charge in [-0.25, -0.2) is 9.97 Å². The number of hydrogen-bond acceptors (Lipinski definition) is 7. The van der Waals surface area contributed by atoms with Gasteiger partial charge in [0.2, 0.25) is 5.95 Å². The van der Waals surface area contributed by atoms with Crippen LogP contribution < -0.4 is 5.73 Å². The van der Waals surface area contributed by atoms with Crippen LogP contribution in [0.2, 0.25) is 0 Å². The van der Waals surface area contributed by atoms with Gasteiger partial charge in [-0.15, -0.1) is 0 Å². The van der Waals surface area contributed by atoms with Crippen molar-refractivity contribution in [1.82, 2.24) is 25.0 Å². The number of aromatic nitrogens is 4. The molecule has 1 aliphatic carbocycles. The molecular weight excluding hydrogens is 344 g/mol. The Labute approximate surface area is 155 Å². The van der Waals surface area contributed by atoms with E-state index in [0.717, 1.165) is 41.9 Å². The number of fused-ring (bicyclic) bond motifs is 1. The summed E-state index contributed by atoms with van der Waals surface area (Å²) in [6, 6.07) is 7.27. The number of nitrogens with zero attached hydrogens (tertiary/aromatic N) is 5. The van der Waals surface area contributed by atoms with Crippen LogP contribution in [0.15, 0.2) is 35.0 Å². The van der Waals surface area contributed by atoms with Crippen LogP contribution in [0, 0.1) is 0 Å². The molecule has 8 heteroatoms. The molecule has 0 unspecified atom stereocenters.